The molecule has 16 heavy (non-hydrogen) atoms. The van der Waals surface area contributed by atoms with Crippen LogP contribution in [-0.2, 0) is 4.74 Å². The van der Waals surface area contributed by atoms with Crippen LogP contribution in [0, 0.1) is 0 Å². The van der Waals surface area contributed by atoms with Crippen molar-refractivity contribution in [1.82, 2.24) is 14.8 Å². The van der Waals surface area contributed by atoms with Gasteiger partial charge in [0.1, 0.15) is 18.4 Å². The minimum Gasteiger partial charge on any atom is -0.452 e. The zero-order valence-electron chi connectivity index (χ0n) is 8.05. The molecule has 0 saturated carbocycles. The predicted molar refractivity (Wildman–Crippen MR) is 47.7 cm³/mol. The number of fused-ring (bicyclic) bond motifs is 3. The molecule has 0 aliphatic carbocycles. The Morgan fingerprint density at radius 1 is 1.56 bits per heavy atom. The molecule has 0 amide bonds. The fourth-order valence-corrected chi connectivity index (χ4v) is 1.90. The topological polar surface area (TPSA) is 107 Å². The summed E-state index contributed by atoms with van der Waals surface area (Å²) >= 11 is 0. The zero-order chi connectivity index (χ0) is 11.3. The van der Waals surface area contributed by atoms with E-state index in [2.05, 4.69) is 10.1 Å². The third kappa shape index (κ3) is 1.17. The fourth-order valence-electron chi connectivity index (χ4n) is 1.90. The molecule has 0 radical (unpaired) electrons. The van der Waals surface area contributed by atoms with Crippen molar-refractivity contribution in [1.29, 1.82) is 0 Å². The summed E-state index contributed by atoms with van der Waals surface area (Å²) in [5.41, 5.74) is -0.514. The van der Waals surface area contributed by atoms with Gasteiger partial charge in [0.15, 0.2) is 12.3 Å². The SMILES string of the molecule is O=c1cnn2c(n1)O[C@H]1[C@H](O)[C@H](CO)O[C@H]12. The van der Waals surface area contributed by atoms with Crippen LogP contribution >= 0.6 is 0 Å². The van der Waals surface area contributed by atoms with Gasteiger partial charge >= 0.3 is 6.01 Å². The van der Waals surface area contributed by atoms with Gasteiger partial charge in [-0.15, -0.1) is 0 Å². The minimum absolute atomic E-state index is 0.0259. The maximum Gasteiger partial charge on any atom is 0.319 e. The highest BCUT2D eigenvalue weighted by Gasteiger charge is 2.51. The largest absolute Gasteiger partial charge is 0.452 e. The minimum atomic E-state index is -0.964. The van der Waals surface area contributed by atoms with E-state index in [0.29, 0.717) is 0 Å². The van der Waals surface area contributed by atoms with E-state index in [0.717, 1.165) is 6.20 Å². The van der Waals surface area contributed by atoms with E-state index in [-0.39, 0.29) is 12.6 Å². The Balaban J connectivity index is 1.99. The molecule has 8 nitrogen and oxygen atoms in total. The monoisotopic (exact) mass is 227 g/mol. The molecule has 0 spiro atoms. The second-order valence-corrected chi connectivity index (χ2v) is 3.64. The Morgan fingerprint density at radius 3 is 3.12 bits per heavy atom. The molecule has 3 heterocycles. The van der Waals surface area contributed by atoms with Crippen molar-refractivity contribution >= 4 is 0 Å². The van der Waals surface area contributed by atoms with Crippen LogP contribution in [-0.4, -0.2) is 49.9 Å². The molecule has 1 aromatic rings. The quantitative estimate of drug-likeness (QED) is 0.553. The third-order valence-corrected chi connectivity index (χ3v) is 2.67. The van der Waals surface area contributed by atoms with E-state index in [1.54, 1.807) is 0 Å². The molecule has 3 rings (SSSR count). The normalized spacial score (nSPS) is 35.6. The van der Waals surface area contributed by atoms with Gasteiger partial charge in [-0.25, -0.2) is 0 Å². The number of nitrogens with zero attached hydrogens (tertiary/aromatic N) is 3. The summed E-state index contributed by atoms with van der Waals surface area (Å²) in [6.07, 6.45) is -1.95. The van der Waals surface area contributed by atoms with Crippen LogP contribution in [0.4, 0.5) is 0 Å². The summed E-state index contributed by atoms with van der Waals surface area (Å²) in [5, 5.41) is 22.5. The number of aliphatic hydroxyl groups excluding tert-OH is 2. The van der Waals surface area contributed by atoms with E-state index in [9.17, 15) is 9.90 Å². The first-order chi connectivity index (χ1) is 7.70. The van der Waals surface area contributed by atoms with Crippen LogP contribution in [0.5, 0.6) is 6.01 Å². The smallest absolute Gasteiger partial charge is 0.319 e. The first-order valence-electron chi connectivity index (χ1n) is 4.77. The first-order valence-corrected chi connectivity index (χ1v) is 4.77. The number of hydrogen-bond donors (Lipinski definition) is 2. The van der Waals surface area contributed by atoms with E-state index in [4.69, 9.17) is 14.6 Å². The molecule has 2 aliphatic heterocycles. The van der Waals surface area contributed by atoms with Crippen LogP contribution in [0.25, 0.3) is 0 Å². The molecule has 0 unspecified atom stereocenters. The summed E-state index contributed by atoms with van der Waals surface area (Å²) in [7, 11) is 0. The van der Waals surface area contributed by atoms with E-state index in [1.807, 2.05) is 0 Å². The number of aliphatic hydroxyl groups is 2. The van der Waals surface area contributed by atoms with Crippen LogP contribution in [0.2, 0.25) is 0 Å². The van der Waals surface area contributed by atoms with E-state index < -0.39 is 30.1 Å². The van der Waals surface area contributed by atoms with Crippen molar-refractivity contribution in [3.05, 3.63) is 16.6 Å². The fraction of sp³-hybridized carbons (Fsp3) is 0.625. The second kappa shape index (κ2) is 3.24. The van der Waals surface area contributed by atoms with Gasteiger partial charge in [-0.2, -0.15) is 14.8 Å². The Hall–Kier alpha value is -1.51. The van der Waals surface area contributed by atoms with Crippen molar-refractivity contribution in [3.63, 3.8) is 0 Å². The van der Waals surface area contributed by atoms with Crippen LogP contribution in [0.3, 0.4) is 0 Å². The molecular weight excluding hydrogens is 218 g/mol. The summed E-state index contributed by atoms with van der Waals surface area (Å²) < 4.78 is 11.9. The van der Waals surface area contributed by atoms with Crippen LogP contribution in [0.15, 0.2) is 11.0 Å². The lowest BCUT2D eigenvalue weighted by Crippen LogP contribution is -2.34. The summed E-state index contributed by atoms with van der Waals surface area (Å²) in [4.78, 5) is 14.5. The van der Waals surface area contributed by atoms with Gasteiger partial charge in [0.25, 0.3) is 5.56 Å². The van der Waals surface area contributed by atoms with Gasteiger partial charge in [0, 0.05) is 0 Å². The summed E-state index contributed by atoms with van der Waals surface area (Å²) in [6.45, 7) is -0.305. The molecule has 0 aromatic carbocycles. The molecule has 4 atom stereocenters. The maximum absolute atomic E-state index is 10.9. The highest BCUT2D eigenvalue weighted by molar-refractivity contribution is 5.06. The summed E-state index contributed by atoms with van der Waals surface area (Å²) in [6, 6.07) is 0.0259. The average molecular weight is 227 g/mol. The van der Waals surface area contributed by atoms with Gasteiger partial charge < -0.3 is 19.7 Å². The lowest BCUT2D eigenvalue weighted by Gasteiger charge is -2.13. The van der Waals surface area contributed by atoms with E-state index in [1.165, 1.54) is 4.68 Å². The molecule has 1 saturated heterocycles. The molecule has 8 heteroatoms. The van der Waals surface area contributed by atoms with Crippen molar-refractivity contribution in [3.8, 4) is 6.01 Å². The van der Waals surface area contributed by atoms with Crippen molar-refractivity contribution in [2.24, 2.45) is 0 Å². The molecular formula is C8H9N3O5. The molecule has 1 aromatic heterocycles. The van der Waals surface area contributed by atoms with Gasteiger partial charge in [0.2, 0.25) is 0 Å². The number of rotatable bonds is 1. The van der Waals surface area contributed by atoms with Gasteiger partial charge in [-0.1, -0.05) is 0 Å². The summed E-state index contributed by atoms with van der Waals surface area (Å²) in [5.74, 6) is 0. The zero-order valence-corrected chi connectivity index (χ0v) is 8.05. The van der Waals surface area contributed by atoms with Crippen LogP contribution < -0.4 is 10.3 Å². The van der Waals surface area contributed by atoms with Crippen molar-refractivity contribution in [2.45, 2.75) is 24.5 Å². The number of aromatic nitrogens is 3. The molecule has 1 fully saturated rings. The molecule has 2 N–H and O–H groups in total. The predicted octanol–water partition coefficient (Wildman–Crippen LogP) is -2.35. The third-order valence-electron chi connectivity index (χ3n) is 2.67. The lowest BCUT2D eigenvalue weighted by atomic mass is 10.1. The first kappa shape index (κ1) is 9.70. The Labute approximate surface area is 89.1 Å². The highest BCUT2D eigenvalue weighted by atomic mass is 16.6. The van der Waals surface area contributed by atoms with Crippen molar-refractivity contribution < 1.29 is 19.7 Å². The Kier molecular flexibility index (Phi) is 1.96. The lowest BCUT2D eigenvalue weighted by molar-refractivity contribution is -0.0476. The van der Waals surface area contributed by atoms with Crippen LogP contribution in [0.1, 0.15) is 6.23 Å². The highest BCUT2D eigenvalue weighted by Crippen LogP contribution is 2.37. The molecule has 2 aliphatic rings. The number of hydrogen-bond acceptors (Lipinski definition) is 7. The molecule has 86 valence electrons. The Morgan fingerprint density at radius 2 is 2.38 bits per heavy atom. The number of ether oxygens (including phenoxy) is 2. The molecule has 0 bridgehead atoms. The second-order valence-electron chi connectivity index (χ2n) is 3.64. The Bertz CT molecular complexity index is 475. The van der Waals surface area contributed by atoms with Gasteiger partial charge in [-0.3, -0.25) is 4.79 Å². The maximum atomic E-state index is 10.9. The average Bonchev–Trinajstić information content (AvgIpc) is 2.75. The standard InChI is InChI=1S/C8H9N3O5/c12-2-3-5(14)6-7(15-3)11-8(16-6)10-4(13)1-9-11/h1,3,5-7,12,14H,2H2/t3-,5+,6-,7+/m0/s1. The van der Waals surface area contributed by atoms with Gasteiger partial charge in [-0.05, 0) is 0 Å². The van der Waals surface area contributed by atoms with Gasteiger partial charge in [0.05, 0.1) is 6.61 Å². The van der Waals surface area contributed by atoms with Crippen molar-refractivity contribution in [2.75, 3.05) is 6.61 Å². The van der Waals surface area contributed by atoms with E-state index >= 15 is 0 Å².